The SMILES string of the molecule is O=[P+](O)c1ccc2cc3ccccc3cc2c1. The summed E-state index contributed by atoms with van der Waals surface area (Å²) in [5.74, 6) is 0. The fourth-order valence-electron chi connectivity index (χ4n) is 2.05. The van der Waals surface area contributed by atoms with E-state index in [-0.39, 0.29) is 0 Å². The molecule has 0 bridgehead atoms. The van der Waals surface area contributed by atoms with Gasteiger partial charge in [0, 0.05) is 6.07 Å². The summed E-state index contributed by atoms with van der Waals surface area (Å²) in [6.07, 6.45) is 0. The number of hydrogen-bond acceptors (Lipinski definition) is 1. The van der Waals surface area contributed by atoms with Gasteiger partial charge in [-0.2, -0.15) is 4.89 Å². The zero-order valence-corrected chi connectivity index (χ0v) is 9.89. The van der Waals surface area contributed by atoms with Gasteiger partial charge in [0.05, 0.1) is 0 Å². The first-order valence-electron chi connectivity index (χ1n) is 5.33. The predicted molar refractivity (Wildman–Crippen MR) is 70.9 cm³/mol. The van der Waals surface area contributed by atoms with Crippen LogP contribution in [0.3, 0.4) is 0 Å². The summed E-state index contributed by atoms with van der Waals surface area (Å²) in [6.45, 7) is 0. The lowest BCUT2D eigenvalue weighted by Gasteiger charge is -2.01. The van der Waals surface area contributed by atoms with E-state index < -0.39 is 8.03 Å². The summed E-state index contributed by atoms with van der Waals surface area (Å²) in [5.41, 5.74) is 0. The van der Waals surface area contributed by atoms with E-state index in [0.717, 1.165) is 16.2 Å². The molecule has 0 aliphatic heterocycles. The normalized spacial score (nSPS) is 11.9. The van der Waals surface area contributed by atoms with Gasteiger partial charge in [0.1, 0.15) is 0 Å². The molecular formula is C14H10O2P+. The second-order valence-corrected chi connectivity index (χ2v) is 5.07. The van der Waals surface area contributed by atoms with E-state index in [1.54, 1.807) is 12.1 Å². The highest BCUT2D eigenvalue weighted by Crippen LogP contribution is 2.24. The largest absolute Gasteiger partial charge is 0.546 e. The molecule has 0 aliphatic rings. The zero-order valence-electron chi connectivity index (χ0n) is 9.00. The molecule has 2 nitrogen and oxygen atoms in total. The molecule has 0 saturated carbocycles. The molecule has 1 unspecified atom stereocenters. The fraction of sp³-hybridized carbons (Fsp3) is 0. The van der Waals surface area contributed by atoms with Crippen molar-refractivity contribution in [1.29, 1.82) is 0 Å². The molecule has 3 rings (SSSR count). The van der Waals surface area contributed by atoms with Crippen molar-refractivity contribution >= 4 is 34.9 Å². The number of fused-ring (bicyclic) bond motifs is 2. The first kappa shape index (κ1) is 10.4. The zero-order chi connectivity index (χ0) is 11.8. The lowest BCUT2D eigenvalue weighted by Crippen LogP contribution is -1.94. The van der Waals surface area contributed by atoms with Crippen molar-refractivity contribution in [2.24, 2.45) is 0 Å². The average molecular weight is 241 g/mol. The minimum atomic E-state index is -2.26. The smallest absolute Gasteiger partial charge is 0.156 e. The highest BCUT2D eigenvalue weighted by Gasteiger charge is 2.15. The van der Waals surface area contributed by atoms with Crippen molar-refractivity contribution in [3.63, 3.8) is 0 Å². The van der Waals surface area contributed by atoms with Crippen LogP contribution in [0.4, 0.5) is 0 Å². The van der Waals surface area contributed by atoms with Gasteiger partial charge in [-0.25, -0.2) is 0 Å². The lowest BCUT2D eigenvalue weighted by molar-refractivity contribution is 0.513. The molecule has 0 fully saturated rings. The van der Waals surface area contributed by atoms with Crippen LogP contribution in [0.5, 0.6) is 0 Å². The van der Waals surface area contributed by atoms with Gasteiger partial charge in [0.2, 0.25) is 5.30 Å². The quantitative estimate of drug-likeness (QED) is 0.524. The Hall–Kier alpha value is -1.76. The van der Waals surface area contributed by atoms with Crippen molar-refractivity contribution in [3.8, 4) is 0 Å². The van der Waals surface area contributed by atoms with Crippen LogP contribution in [-0.2, 0) is 4.57 Å². The van der Waals surface area contributed by atoms with Gasteiger partial charge in [0.25, 0.3) is 0 Å². The van der Waals surface area contributed by atoms with E-state index in [1.807, 2.05) is 30.3 Å². The summed E-state index contributed by atoms with van der Waals surface area (Å²) in [5, 5.41) is 4.89. The van der Waals surface area contributed by atoms with Gasteiger partial charge in [0.15, 0.2) is 0 Å². The maximum Gasteiger partial charge on any atom is 0.546 e. The molecule has 0 aliphatic carbocycles. The lowest BCUT2D eigenvalue weighted by atomic mass is 10.0. The Morgan fingerprint density at radius 3 is 2.00 bits per heavy atom. The van der Waals surface area contributed by atoms with Crippen LogP contribution < -0.4 is 5.30 Å². The predicted octanol–water partition coefficient (Wildman–Crippen LogP) is 3.35. The number of rotatable bonds is 1. The van der Waals surface area contributed by atoms with E-state index >= 15 is 0 Å². The molecule has 82 valence electrons. The van der Waals surface area contributed by atoms with E-state index in [0.29, 0.717) is 5.30 Å². The van der Waals surface area contributed by atoms with Crippen LogP contribution in [0.25, 0.3) is 21.5 Å². The van der Waals surface area contributed by atoms with Crippen LogP contribution in [0, 0.1) is 0 Å². The molecule has 0 amide bonds. The van der Waals surface area contributed by atoms with E-state index in [2.05, 4.69) is 12.1 Å². The molecule has 3 aromatic carbocycles. The van der Waals surface area contributed by atoms with E-state index in [1.165, 1.54) is 5.39 Å². The summed E-state index contributed by atoms with van der Waals surface area (Å²) in [6, 6.07) is 17.6. The van der Waals surface area contributed by atoms with Crippen molar-refractivity contribution in [1.82, 2.24) is 0 Å². The van der Waals surface area contributed by atoms with Crippen molar-refractivity contribution in [2.45, 2.75) is 0 Å². The standard InChI is InChI=1S/C14H9O2P/c15-17(16)14-6-5-12-7-10-3-1-2-4-11(10)8-13(12)9-14/h1-9H/p+1. The summed E-state index contributed by atoms with van der Waals surface area (Å²) >= 11 is 0. The molecule has 3 heteroatoms. The molecule has 0 radical (unpaired) electrons. The molecule has 0 spiro atoms. The molecule has 0 aromatic heterocycles. The van der Waals surface area contributed by atoms with Crippen molar-refractivity contribution in [3.05, 3.63) is 54.6 Å². The van der Waals surface area contributed by atoms with Gasteiger partial charge < -0.3 is 0 Å². The third kappa shape index (κ3) is 1.82. The maximum atomic E-state index is 11.1. The Balaban J connectivity index is 2.36. The minimum Gasteiger partial charge on any atom is -0.156 e. The maximum absolute atomic E-state index is 11.1. The average Bonchev–Trinajstić information content (AvgIpc) is 2.35. The topological polar surface area (TPSA) is 37.3 Å². The molecule has 1 N–H and O–H groups in total. The molecule has 1 atom stereocenters. The number of benzene rings is 3. The summed E-state index contributed by atoms with van der Waals surface area (Å²) in [7, 11) is -2.26. The van der Waals surface area contributed by atoms with Crippen molar-refractivity contribution in [2.75, 3.05) is 0 Å². The Labute approximate surface area is 99.4 Å². The van der Waals surface area contributed by atoms with Crippen LogP contribution in [-0.4, -0.2) is 4.89 Å². The first-order valence-corrected chi connectivity index (χ1v) is 6.54. The molecule has 17 heavy (non-hydrogen) atoms. The van der Waals surface area contributed by atoms with Gasteiger partial charge in [-0.3, -0.25) is 0 Å². The Morgan fingerprint density at radius 1 is 0.765 bits per heavy atom. The Bertz CT molecular complexity index is 734. The van der Waals surface area contributed by atoms with Crippen LogP contribution in [0.1, 0.15) is 0 Å². The van der Waals surface area contributed by atoms with Gasteiger partial charge in [-0.1, -0.05) is 24.3 Å². The van der Waals surface area contributed by atoms with E-state index in [9.17, 15) is 4.57 Å². The second-order valence-electron chi connectivity index (χ2n) is 4.00. The monoisotopic (exact) mass is 241 g/mol. The molecule has 0 heterocycles. The summed E-state index contributed by atoms with van der Waals surface area (Å²) < 4.78 is 11.1. The minimum absolute atomic E-state index is 0.475. The number of hydrogen-bond donors (Lipinski definition) is 1. The van der Waals surface area contributed by atoms with Crippen molar-refractivity contribution < 1.29 is 9.46 Å². The first-order chi connectivity index (χ1) is 8.24. The van der Waals surface area contributed by atoms with Crippen LogP contribution >= 0.6 is 8.03 Å². The van der Waals surface area contributed by atoms with Crippen LogP contribution in [0.2, 0.25) is 0 Å². The van der Waals surface area contributed by atoms with Crippen LogP contribution in [0.15, 0.2) is 54.6 Å². The molecular weight excluding hydrogens is 231 g/mol. The highest BCUT2D eigenvalue weighted by molar-refractivity contribution is 7.47. The van der Waals surface area contributed by atoms with E-state index in [4.69, 9.17) is 4.89 Å². The fourth-order valence-corrected chi connectivity index (χ4v) is 2.50. The molecule has 3 aromatic rings. The Morgan fingerprint density at radius 2 is 1.35 bits per heavy atom. The Kier molecular flexibility index (Phi) is 2.40. The third-order valence-corrected chi connectivity index (χ3v) is 3.63. The van der Waals surface area contributed by atoms with Gasteiger partial charge in [-0.15, -0.1) is 0 Å². The highest BCUT2D eigenvalue weighted by atomic mass is 31.1. The third-order valence-electron chi connectivity index (χ3n) is 2.91. The van der Waals surface area contributed by atoms with Gasteiger partial charge in [-0.05, 0) is 50.4 Å². The van der Waals surface area contributed by atoms with Gasteiger partial charge >= 0.3 is 8.03 Å². The summed E-state index contributed by atoms with van der Waals surface area (Å²) in [4.78, 5) is 9.11. The second kappa shape index (κ2) is 3.92. The molecule has 0 saturated heterocycles.